The van der Waals surface area contributed by atoms with Crippen molar-refractivity contribution >= 4 is 12.2 Å². The first-order chi connectivity index (χ1) is 17.0. The molecule has 0 aliphatic carbocycles. The molecule has 35 heavy (non-hydrogen) atoms. The second-order valence-electron chi connectivity index (χ2n) is 8.22. The van der Waals surface area contributed by atoms with Gasteiger partial charge < -0.3 is 4.74 Å². The molecule has 0 aromatic heterocycles. The maximum atomic E-state index is 14.7. The molecule has 0 atom stereocenters. The third kappa shape index (κ3) is 5.72. The van der Waals surface area contributed by atoms with Crippen LogP contribution >= 0.6 is 0 Å². The second kappa shape index (κ2) is 10.9. The molecule has 4 heteroatoms. The van der Waals surface area contributed by atoms with Gasteiger partial charge in [0.05, 0.1) is 6.61 Å². The topological polar surface area (TPSA) is 9.23 Å². The lowest BCUT2D eigenvalue weighted by Crippen LogP contribution is -1.97. The Labute approximate surface area is 203 Å². The van der Waals surface area contributed by atoms with Gasteiger partial charge >= 0.3 is 0 Å². The van der Waals surface area contributed by atoms with Gasteiger partial charge in [-0.3, -0.25) is 0 Å². The summed E-state index contributed by atoms with van der Waals surface area (Å²) in [4.78, 5) is 0. The summed E-state index contributed by atoms with van der Waals surface area (Å²) in [6, 6.07) is 22.7. The van der Waals surface area contributed by atoms with E-state index in [1.54, 1.807) is 54.6 Å². The number of rotatable bonds is 8. The van der Waals surface area contributed by atoms with E-state index in [9.17, 15) is 13.2 Å². The van der Waals surface area contributed by atoms with Crippen LogP contribution in [0.15, 0.2) is 91.5 Å². The fourth-order valence-corrected chi connectivity index (χ4v) is 3.67. The number of hydrogen-bond donors (Lipinski definition) is 0. The summed E-state index contributed by atoms with van der Waals surface area (Å²) in [6.07, 6.45) is 5.61. The van der Waals surface area contributed by atoms with E-state index in [2.05, 4.69) is 6.58 Å². The lowest BCUT2D eigenvalue weighted by molar-refractivity contribution is 0.308. The maximum Gasteiger partial charge on any atom is 0.167 e. The van der Waals surface area contributed by atoms with Crippen molar-refractivity contribution in [2.24, 2.45) is 0 Å². The third-order valence-corrected chi connectivity index (χ3v) is 5.69. The number of aryl methyl sites for hydroxylation is 1. The zero-order chi connectivity index (χ0) is 24.8. The van der Waals surface area contributed by atoms with Crippen molar-refractivity contribution < 1.29 is 17.9 Å². The fourth-order valence-electron chi connectivity index (χ4n) is 3.67. The van der Waals surface area contributed by atoms with Gasteiger partial charge in [0.25, 0.3) is 0 Å². The second-order valence-corrected chi connectivity index (χ2v) is 8.22. The molecule has 4 aromatic carbocycles. The van der Waals surface area contributed by atoms with Crippen molar-refractivity contribution in [1.29, 1.82) is 0 Å². The van der Waals surface area contributed by atoms with Gasteiger partial charge in [0.15, 0.2) is 23.2 Å². The van der Waals surface area contributed by atoms with Gasteiger partial charge in [-0.05, 0) is 47.7 Å². The highest BCUT2D eigenvalue weighted by atomic mass is 19.2. The molecule has 0 amide bonds. The SMILES string of the molecule is C=CCCOc1ccc(-c2ccc(/C=C/c3ccc(-c4ccc(C)cc4)c(F)c3F)cc2)cc1F. The Kier molecular flexibility index (Phi) is 7.51. The first-order valence-corrected chi connectivity index (χ1v) is 11.3. The highest BCUT2D eigenvalue weighted by Crippen LogP contribution is 2.29. The summed E-state index contributed by atoms with van der Waals surface area (Å²) in [5, 5.41) is 0. The van der Waals surface area contributed by atoms with E-state index >= 15 is 0 Å². The molecule has 0 aliphatic rings. The monoisotopic (exact) mass is 470 g/mol. The molecule has 0 saturated carbocycles. The lowest BCUT2D eigenvalue weighted by Gasteiger charge is -2.08. The molecule has 0 fully saturated rings. The molecule has 0 N–H and O–H groups in total. The Morgan fingerprint density at radius 3 is 2.11 bits per heavy atom. The summed E-state index contributed by atoms with van der Waals surface area (Å²) < 4.78 is 49.2. The number of benzene rings is 4. The predicted octanol–water partition coefficient (Wildman–Crippen LogP) is 8.87. The van der Waals surface area contributed by atoms with Crippen LogP contribution in [0.2, 0.25) is 0 Å². The van der Waals surface area contributed by atoms with E-state index in [0.29, 0.717) is 24.2 Å². The van der Waals surface area contributed by atoms with Crippen LogP contribution < -0.4 is 4.74 Å². The molecular weight excluding hydrogens is 445 g/mol. The van der Waals surface area contributed by atoms with Gasteiger partial charge in [-0.25, -0.2) is 13.2 Å². The van der Waals surface area contributed by atoms with E-state index < -0.39 is 17.5 Å². The molecule has 0 heterocycles. The Hall–Kier alpha value is -4.05. The van der Waals surface area contributed by atoms with E-state index in [0.717, 1.165) is 16.7 Å². The molecule has 0 bridgehead atoms. The molecule has 0 aliphatic heterocycles. The summed E-state index contributed by atoms with van der Waals surface area (Å²) in [7, 11) is 0. The number of halogens is 3. The highest BCUT2D eigenvalue weighted by Gasteiger charge is 2.13. The molecule has 0 spiro atoms. The van der Waals surface area contributed by atoms with Gasteiger partial charge in [0, 0.05) is 11.1 Å². The van der Waals surface area contributed by atoms with E-state index in [-0.39, 0.29) is 16.9 Å². The van der Waals surface area contributed by atoms with Crippen molar-refractivity contribution in [3.63, 3.8) is 0 Å². The van der Waals surface area contributed by atoms with Crippen LogP contribution in [0.5, 0.6) is 5.75 Å². The number of ether oxygens (including phenoxy) is 1. The number of hydrogen-bond acceptors (Lipinski definition) is 1. The van der Waals surface area contributed by atoms with E-state index in [1.165, 1.54) is 6.07 Å². The van der Waals surface area contributed by atoms with Crippen molar-refractivity contribution in [3.8, 4) is 28.0 Å². The normalized spacial score (nSPS) is 11.1. The van der Waals surface area contributed by atoms with Gasteiger partial charge in [0.2, 0.25) is 0 Å². The zero-order valence-corrected chi connectivity index (χ0v) is 19.4. The van der Waals surface area contributed by atoms with Crippen molar-refractivity contribution in [3.05, 3.63) is 126 Å². The van der Waals surface area contributed by atoms with Crippen molar-refractivity contribution in [2.75, 3.05) is 6.61 Å². The van der Waals surface area contributed by atoms with Crippen LogP contribution in [0.1, 0.15) is 23.1 Å². The van der Waals surface area contributed by atoms with Gasteiger partial charge in [-0.2, -0.15) is 0 Å². The third-order valence-electron chi connectivity index (χ3n) is 5.69. The molecule has 176 valence electrons. The summed E-state index contributed by atoms with van der Waals surface area (Å²) in [5.41, 5.74) is 4.43. The minimum atomic E-state index is -0.887. The van der Waals surface area contributed by atoms with Gasteiger partial charge in [0.1, 0.15) is 0 Å². The standard InChI is InChI=1S/C31H25F3O/c1-3-4-19-35-29-18-16-26(20-28(29)32)23-12-7-22(8-13-23)9-14-25-15-17-27(31(34)30(25)33)24-10-5-21(2)6-11-24/h3,5-18,20H,1,4,19H2,2H3/b14-9+. The average Bonchev–Trinajstić information content (AvgIpc) is 2.87. The minimum Gasteiger partial charge on any atom is -0.490 e. The van der Waals surface area contributed by atoms with Crippen LogP contribution in [0.25, 0.3) is 34.4 Å². The van der Waals surface area contributed by atoms with Crippen LogP contribution in [0.3, 0.4) is 0 Å². The highest BCUT2D eigenvalue weighted by molar-refractivity contribution is 5.74. The van der Waals surface area contributed by atoms with Crippen molar-refractivity contribution in [1.82, 2.24) is 0 Å². The molecule has 0 unspecified atom stereocenters. The van der Waals surface area contributed by atoms with Gasteiger partial charge in [-0.1, -0.05) is 90.5 Å². The first-order valence-electron chi connectivity index (χ1n) is 11.3. The Morgan fingerprint density at radius 1 is 0.743 bits per heavy atom. The van der Waals surface area contributed by atoms with E-state index in [4.69, 9.17) is 4.74 Å². The fraction of sp³-hybridized carbons (Fsp3) is 0.0968. The summed E-state index contributed by atoms with van der Waals surface area (Å²) in [5.74, 6) is -1.98. The van der Waals surface area contributed by atoms with Gasteiger partial charge in [-0.15, -0.1) is 6.58 Å². The quantitative estimate of drug-likeness (QED) is 0.142. The summed E-state index contributed by atoms with van der Waals surface area (Å²) >= 11 is 0. The predicted molar refractivity (Wildman–Crippen MR) is 138 cm³/mol. The Bertz CT molecular complexity index is 1350. The smallest absolute Gasteiger partial charge is 0.167 e. The zero-order valence-electron chi connectivity index (χ0n) is 19.4. The lowest BCUT2D eigenvalue weighted by atomic mass is 10.0. The Morgan fingerprint density at radius 2 is 1.43 bits per heavy atom. The van der Waals surface area contributed by atoms with Crippen LogP contribution in [0.4, 0.5) is 13.2 Å². The van der Waals surface area contributed by atoms with E-state index in [1.807, 2.05) is 43.3 Å². The Balaban J connectivity index is 1.49. The molecule has 4 rings (SSSR count). The van der Waals surface area contributed by atoms with Crippen LogP contribution in [-0.4, -0.2) is 6.61 Å². The molecular formula is C31H25F3O. The molecule has 4 aromatic rings. The first kappa shape index (κ1) is 24.1. The molecule has 0 radical (unpaired) electrons. The van der Waals surface area contributed by atoms with Crippen molar-refractivity contribution in [2.45, 2.75) is 13.3 Å². The average molecular weight is 471 g/mol. The maximum absolute atomic E-state index is 14.7. The summed E-state index contributed by atoms with van der Waals surface area (Å²) in [6.45, 7) is 5.93. The van der Waals surface area contributed by atoms with Crippen LogP contribution in [-0.2, 0) is 0 Å². The minimum absolute atomic E-state index is 0.163. The largest absolute Gasteiger partial charge is 0.490 e. The van der Waals surface area contributed by atoms with Crippen LogP contribution in [0, 0.1) is 24.4 Å². The molecule has 1 nitrogen and oxygen atoms in total. The molecule has 0 saturated heterocycles.